The van der Waals surface area contributed by atoms with Crippen LogP contribution in [0.15, 0.2) is 48.5 Å². The van der Waals surface area contributed by atoms with Gasteiger partial charge in [-0.1, -0.05) is 36.4 Å². The minimum atomic E-state index is -0.470. The van der Waals surface area contributed by atoms with E-state index in [4.69, 9.17) is 5.73 Å². The number of hydrogen-bond acceptors (Lipinski definition) is 3. The Kier molecular flexibility index (Phi) is 4.51. The first-order chi connectivity index (χ1) is 11.5. The molecule has 5 heteroatoms. The van der Waals surface area contributed by atoms with Crippen LogP contribution in [0.3, 0.4) is 0 Å². The number of nitrogens with zero attached hydrogens (tertiary/aromatic N) is 1. The van der Waals surface area contributed by atoms with Crippen LogP contribution in [-0.4, -0.2) is 29.3 Å². The van der Waals surface area contributed by atoms with E-state index in [-0.39, 0.29) is 11.8 Å². The van der Waals surface area contributed by atoms with Gasteiger partial charge in [-0.3, -0.25) is 9.59 Å². The number of rotatable bonds is 4. The van der Waals surface area contributed by atoms with Crippen molar-refractivity contribution in [2.24, 2.45) is 0 Å². The summed E-state index contributed by atoms with van der Waals surface area (Å²) in [6.45, 7) is 3.07. The van der Waals surface area contributed by atoms with E-state index in [9.17, 15) is 9.59 Å². The summed E-state index contributed by atoms with van der Waals surface area (Å²) >= 11 is 0. The van der Waals surface area contributed by atoms with E-state index in [0.29, 0.717) is 30.8 Å². The molecule has 124 valence electrons. The molecular formula is C19H21N3O2. The summed E-state index contributed by atoms with van der Waals surface area (Å²) in [6, 6.07) is 14.6. The molecule has 5 nitrogen and oxygen atoms in total. The zero-order valence-electron chi connectivity index (χ0n) is 13.7. The third-order valence-corrected chi connectivity index (χ3v) is 4.33. The maximum absolute atomic E-state index is 12.5. The number of nitrogens with two attached hydrogens (primary N) is 1. The van der Waals surface area contributed by atoms with Gasteiger partial charge in [0.1, 0.15) is 6.04 Å². The molecule has 1 saturated heterocycles. The topological polar surface area (TPSA) is 75.4 Å². The van der Waals surface area contributed by atoms with Gasteiger partial charge in [-0.15, -0.1) is 0 Å². The maximum Gasteiger partial charge on any atom is 0.252 e. The smallest absolute Gasteiger partial charge is 0.252 e. The van der Waals surface area contributed by atoms with Gasteiger partial charge in [0.25, 0.3) is 5.91 Å². The molecule has 1 unspecified atom stereocenters. The molecule has 2 amide bonds. The second kappa shape index (κ2) is 6.74. The van der Waals surface area contributed by atoms with Gasteiger partial charge in [-0.25, -0.2) is 0 Å². The highest BCUT2D eigenvalue weighted by Crippen LogP contribution is 2.17. The summed E-state index contributed by atoms with van der Waals surface area (Å²) in [7, 11) is 0. The third kappa shape index (κ3) is 3.40. The van der Waals surface area contributed by atoms with Gasteiger partial charge in [-0.05, 0) is 36.6 Å². The van der Waals surface area contributed by atoms with Crippen molar-refractivity contribution in [1.82, 2.24) is 10.2 Å². The number of amides is 2. The highest BCUT2D eigenvalue weighted by molar-refractivity contribution is 5.99. The zero-order valence-corrected chi connectivity index (χ0v) is 13.7. The largest absolute Gasteiger partial charge is 0.399 e. The Morgan fingerprint density at radius 3 is 2.75 bits per heavy atom. The van der Waals surface area contributed by atoms with E-state index in [1.807, 2.05) is 43.3 Å². The molecular weight excluding hydrogens is 302 g/mol. The van der Waals surface area contributed by atoms with Crippen LogP contribution >= 0.6 is 0 Å². The predicted molar refractivity (Wildman–Crippen MR) is 93.3 cm³/mol. The summed E-state index contributed by atoms with van der Waals surface area (Å²) in [5.74, 6) is -0.284. The molecule has 0 bridgehead atoms. The molecule has 1 atom stereocenters. The van der Waals surface area contributed by atoms with Gasteiger partial charge in [0.15, 0.2) is 0 Å². The number of nitrogens with one attached hydrogen (secondary N) is 1. The molecule has 1 aliphatic rings. The van der Waals surface area contributed by atoms with Gasteiger partial charge in [0, 0.05) is 24.3 Å². The number of carbonyl (C=O) groups is 2. The Labute approximate surface area is 141 Å². The lowest BCUT2D eigenvalue weighted by Gasteiger charge is -2.17. The van der Waals surface area contributed by atoms with Gasteiger partial charge in [0.05, 0.1) is 0 Å². The van der Waals surface area contributed by atoms with Gasteiger partial charge in [0.2, 0.25) is 5.91 Å². The van der Waals surface area contributed by atoms with E-state index in [2.05, 4.69) is 5.32 Å². The Hall–Kier alpha value is -2.82. The normalized spacial score (nSPS) is 17.1. The fraction of sp³-hybridized carbons (Fsp3) is 0.263. The van der Waals surface area contributed by atoms with Crippen molar-refractivity contribution < 1.29 is 9.59 Å². The SMILES string of the molecule is Cc1ccc(N)cc1C(=O)NC1CCN(Cc2ccccc2)C1=O. The number of anilines is 1. The van der Waals surface area contributed by atoms with Crippen LogP contribution in [-0.2, 0) is 11.3 Å². The van der Waals surface area contributed by atoms with E-state index in [1.54, 1.807) is 17.0 Å². The Morgan fingerprint density at radius 2 is 2.00 bits per heavy atom. The number of hydrogen-bond donors (Lipinski definition) is 2. The highest BCUT2D eigenvalue weighted by atomic mass is 16.2. The van der Waals surface area contributed by atoms with Gasteiger partial charge >= 0.3 is 0 Å². The molecule has 0 saturated carbocycles. The first kappa shape index (κ1) is 16.1. The number of benzene rings is 2. The standard InChI is InChI=1S/C19H21N3O2/c1-13-7-8-15(20)11-16(13)18(23)21-17-9-10-22(19(17)24)12-14-5-3-2-4-6-14/h2-8,11,17H,9-10,12,20H2,1H3,(H,21,23). The number of aryl methyl sites for hydroxylation is 1. The van der Waals surface area contributed by atoms with Crippen LogP contribution < -0.4 is 11.1 Å². The minimum Gasteiger partial charge on any atom is -0.399 e. The van der Waals surface area contributed by atoms with Crippen molar-refractivity contribution in [2.45, 2.75) is 25.9 Å². The minimum absolute atomic E-state index is 0.0336. The predicted octanol–water partition coefficient (Wildman–Crippen LogP) is 2.11. The van der Waals surface area contributed by atoms with Crippen LogP contribution in [0.5, 0.6) is 0 Å². The molecule has 1 fully saturated rings. The van der Waals surface area contributed by atoms with E-state index >= 15 is 0 Å². The summed E-state index contributed by atoms with van der Waals surface area (Å²) < 4.78 is 0. The van der Waals surface area contributed by atoms with Crippen LogP contribution in [0, 0.1) is 6.92 Å². The van der Waals surface area contributed by atoms with Gasteiger partial charge < -0.3 is 16.0 Å². The average Bonchev–Trinajstić information content (AvgIpc) is 2.91. The van der Waals surface area contributed by atoms with Crippen molar-refractivity contribution in [3.8, 4) is 0 Å². The third-order valence-electron chi connectivity index (χ3n) is 4.33. The van der Waals surface area contributed by atoms with Crippen LogP contribution in [0.2, 0.25) is 0 Å². The summed E-state index contributed by atoms with van der Waals surface area (Å²) in [6.07, 6.45) is 0.624. The molecule has 3 rings (SSSR count). The fourth-order valence-corrected chi connectivity index (χ4v) is 2.95. The second-order valence-electron chi connectivity index (χ2n) is 6.13. The monoisotopic (exact) mass is 323 g/mol. The van der Waals surface area contributed by atoms with Crippen molar-refractivity contribution in [3.05, 3.63) is 65.2 Å². The Morgan fingerprint density at radius 1 is 1.25 bits per heavy atom. The lowest BCUT2D eigenvalue weighted by Crippen LogP contribution is -2.41. The lowest BCUT2D eigenvalue weighted by molar-refractivity contribution is -0.129. The summed E-state index contributed by atoms with van der Waals surface area (Å²) in [4.78, 5) is 26.7. The van der Waals surface area contributed by atoms with Crippen molar-refractivity contribution >= 4 is 17.5 Å². The molecule has 0 aliphatic carbocycles. The summed E-state index contributed by atoms with van der Waals surface area (Å²) in [5.41, 5.74) is 8.74. The second-order valence-corrected chi connectivity index (χ2v) is 6.13. The average molecular weight is 323 g/mol. The molecule has 0 aromatic heterocycles. The van der Waals surface area contributed by atoms with Crippen molar-refractivity contribution in [1.29, 1.82) is 0 Å². The van der Waals surface area contributed by atoms with Crippen LogP contribution in [0.25, 0.3) is 0 Å². The number of carbonyl (C=O) groups excluding carboxylic acids is 2. The van der Waals surface area contributed by atoms with E-state index in [1.165, 1.54) is 0 Å². The molecule has 1 aliphatic heterocycles. The molecule has 2 aromatic carbocycles. The number of nitrogen functional groups attached to an aromatic ring is 1. The summed E-state index contributed by atoms with van der Waals surface area (Å²) in [5, 5.41) is 2.84. The lowest BCUT2D eigenvalue weighted by atomic mass is 10.1. The first-order valence-electron chi connectivity index (χ1n) is 8.04. The molecule has 3 N–H and O–H groups in total. The first-order valence-corrected chi connectivity index (χ1v) is 8.04. The molecule has 2 aromatic rings. The molecule has 0 radical (unpaired) electrons. The number of likely N-dealkylation sites (tertiary alicyclic amines) is 1. The van der Waals surface area contributed by atoms with E-state index < -0.39 is 6.04 Å². The molecule has 24 heavy (non-hydrogen) atoms. The van der Waals surface area contributed by atoms with Gasteiger partial charge in [-0.2, -0.15) is 0 Å². The molecule has 0 spiro atoms. The Bertz CT molecular complexity index is 758. The zero-order chi connectivity index (χ0) is 17.1. The molecule has 1 heterocycles. The van der Waals surface area contributed by atoms with E-state index in [0.717, 1.165) is 11.1 Å². The van der Waals surface area contributed by atoms with Crippen molar-refractivity contribution in [2.75, 3.05) is 12.3 Å². The Balaban J connectivity index is 1.65. The fourth-order valence-electron chi connectivity index (χ4n) is 2.95. The van der Waals surface area contributed by atoms with Crippen molar-refractivity contribution in [3.63, 3.8) is 0 Å². The maximum atomic E-state index is 12.5. The van der Waals surface area contributed by atoms with Crippen LogP contribution in [0.1, 0.15) is 27.9 Å². The van der Waals surface area contributed by atoms with Crippen LogP contribution in [0.4, 0.5) is 5.69 Å². The highest BCUT2D eigenvalue weighted by Gasteiger charge is 2.32. The quantitative estimate of drug-likeness (QED) is 0.846.